The van der Waals surface area contributed by atoms with Crippen LogP contribution in [0.2, 0.25) is 0 Å². The van der Waals surface area contributed by atoms with E-state index in [-0.39, 0.29) is 17.9 Å². The van der Waals surface area contributed by atoms with Gasteiger partial charge < -0.3 is 14.7 Å². The Morgan fingerprint density at radius 3 is 2.29 bits per heavy atom. The van der Waals surface area contributed by atoms with E-state index in [0.29, 0.717) is 19.0 Å². The van der Waals surface area contributed by atoms with Gasteiger partial charge in [0.2, 0.25) is 0 Å². The van der Waals surface area contributed by atoms with Crippen molar-refractivity contribution >= 4 is 12.1 Å². The molecule has 0 aromatic rings. The summed E-state index contributed by atoms with van der Waals surface area (Å²) in [6, 6.07) is 0. The van der Waals surface area contributed by atoms with Crippen molar-refractivity contribution in [1.29, 1.82) is 0 Å². The molecule has 1 amide bonds. The minimum atomic E-state index is -0.703. The molecule has 1 aliphatic heterocycles. The van der Waals surface area contributed by atoms with Crippen molar-refractivity contribution in [3.05, 3.63) is 0 Å². The summed E-state index contributed by atoms with van der Waals surface area (Å²) in [6.45, 7) is 6.79. The van der Waals surface area contributed by atoms with Crippen molar-refractivity contribution in [2.75, 3.05) is 13.1 Å². The summed E-state index contributed by atoms with van der Waals surface area (Å²) >= 11 is 0. The van der Waals surface area contributed by atoms with Gasteiger partial charge in [-0.2, -0.15) is 0 Å². The molecule has 0 bridgehead atoms. The Labute approximate surface area is 101 Å². The second-order valence-corrected chi connectivity index (χ2v) is 5.99. The number of ether oxygens (including phenoxy) is 1. The Bertz CT molecular complexity index is 341. The van der Waals surface area contributed by atoms with Gasteiger partial charge >= 0.3 is 12.1 Å². The molecular weight excluding hydrogens is 222 g/mol. The number of amides is 1. The highest BCUT2D eigenvalue weighted by Gasteiger charge is 2.52. The molecule has 0 spiro atoms. The third-order valence-corrected chi connectivity index (χ3v) is 3.32. The van der Waals surface area contributed by atoms with Crippen LogP contribution in [-0.4, -0.2) is 40.8 Å². The zero-order valence-corrected chi connectivity index (χ0v) is 10.5. The van der Waals surface area contributed by atoms with Gasteiger partial charge in [0.1, 0.15) is 5.60 Å². The molecule has 1 saturated heterocycles. The van der Waals surface area contributed by atoms with Crippen LogP contribution in [0.3, 0.4) is 0 Å². The molecule has 0 radical (unpaired) electrons. The Kier molecular flexibility index (Phi) is 2.79. The van der Waals surface area contributed by atoms with E-state index >= 15 is 0 Å². The maximum atomic E-state index is 11.6. The summed E-state index contributed by atoms with van der Waals surface area (Å²) in [5.41, 5.74) is -0.467. The van der Waals surface area contributed by atoms with E-state index in [4.69, 9.17) is 9.84 Å². The Balaban J connectivity index is 1.73. The highest BCUT2D eigenvalue weighted by atomic mass is 16.6. The lowest BCUT2D eigenvalue weighted by Crippen LogP contribution is -2.52. The largest absolute Gasteiger partial charge is 0.481 e. The molecule has 2 atom stereocenters. The van der Waals surface area contributed by atoms with E-state index in [9.17, 15) is 9.59 Å². The smallest absolute Gasteiger partial charge is 0.410 e. The van der Waals surface area contributed by atoms with Crippen LogP contribution < -0.4 is 0 Å². The molecule has 5 heteroatoms. The molecule has 0 aromatic heterocycles. The van der Waals surface area contributed by atoms with Crippen LogP contribution in [0.5, 0.6) is 0 Å². The molecule has 2 aliphatic rings. The number of hydrogen-bond donors (Lipinski definition) is 1. The fourth-order valence-electron chi connectivity index (χ4n) is 2.28. The average Bonchev–Trinajstić information content (AvgIpc) is 2.76. The molecule has 0 unspecified atom stereocenters. The van der Waals surface area contributed by atoms with Crippen molar-refractivity contribution in [1.82, 2.24) is 4.90 Å². The van der Waals surface area contributed by atoms with E-state index in [1.165, 1.54) is 0 Å². The summed E-state index contributed by atoms with van der Waals surface area (Å²) in [5, 5.41) is 8.81. The zero-order chi connectivity index (χ0) is 12.8. The van der Waals surface area contributed by atoms with E-state index in [2.05, 4.69) is 0 Å². The second kappa shape index (κ2) is 3.89. The molecule has 0 aromatic carbocycles. The van der Waals surface area contributed by atoms with Crippen LogP contribution in [0.15, 0.2) is 0 Å². The first-order chi connectivity index (χ1) is 7.78. The maximum Gasteiger partial charge on any atom is 0.410 e. The third kappa shape index (κ3) is 2.70. The predicted molar refractivity (Wildman–Crippen MR) is 60.5 cm³/mol. The number of hydrogen-bond acceptors (Lipinski definition) is 3. The Morgan fingerprint density at radius 2 is 1.88 bits per heavy atom. The second-order valence-electron chi connectivity index (χ2n) is 5.99. The molecule has 1 saturated carbocycles. The standard InChI is InChI=1S/C12H19NO4/c1-12(2,3)17-11(16)13-5-7(6-13)8-4-9(8)10(14)15/h7-9H,4-6H2,1-3H3,(H,14,15)/t8-,9-/m0/s1. The molecule has 17 heavy (non-hydrogen) atoms. The third-order valence-electron chi connectivity index (χ3n) is 3.32. The lowest BCUT2D eigenvalue weighted by atomic mass is 9.94. The molecule has 1 aliphatic carbocycles. The van der Waals surface area contributed by atoms with Gasteiger partial charge in [0.15, 0.2) is 0 Å². The van der Waals surface area contributed by atoms with Gasteiger partial charge in [0, 0.05) is 13.1 Å². The number of rotatable bonds is 2. The number of nitrogens with zero attached hydrogens (tertiary/aromatic N) is 1. The first-order valence-corrected chi connectivity index (χ1v) is 5.98. The van der Waals surface area contributed by atoms with Crippen LogP contribution in [0.4, 0.5) is 4.79 Å². The highest BCUT2D eigenvalue weighted by Crippen LogP contribution is 2.47. The number of likely N-dealkylation sites (tertiary alicyclic amines) is 1. The van der Waals surface area contributed by atoms with Crippen molar-refractivity contribution < 1.29 is 19.4 Å². The Hall–Kier alpha value is -1.26. The summed E-state index contributed by atoms with van der Waals surface area (Å²) in [6.07, 6.45) is 0.476. The quantitative estimate of drug-likeness (QED) is 0.797. The minimum Gasteiger partial charge on any atom is -0.481 e. The molecular formula is C12H19NO4. The number of carboxylic acids is 1. The average molecular weight is 241 g/mol. The van der Waals surface area contributed by atoms with E-state index in [1.54, 1.807) is 4.90 Å². The molecule has 96 valence electrons. The fourth-order valence-corrected chi connectivity index (χ4v) is 2.28. The fraction of sp³-hybridized carbons (Fsp3) is 0.833. The molecule has 2 rings (SSSR count). The summed E-state index contributed by atoms with van der Waals surface area (Å²) in [5.74, 6) is -0.263. The van der Waals surface area contributed by atoms with E-state index in [1.807, 2.05) is 20.8 Å². The van der Waals surface area contributed by atoms with Crippen molar-refractivity contribution in [2.45, 2.75) is 32.8 Å². The molecule has 1 heterocycles. The van der Waals surface area contributed by atoms with E-state index < -0.39 is 11.6 Å². The van der Waals surface area contributed by atoms with Gasteiger partial charge in [0.05, 0.1) is 5.92 Å². The number of carbonyl (C=O) groups is 2. The number of carboxylic acid groups (broad SMARTS) is 1. The summed E-state index contributed by atoms with van der Waals surface area (Å²) in [7, 11) is 0. The SMILES string of the molecule is CC(C)(C)OC(=O)N1CC([C@@H]2C[C@@H]2C(=O)O)C1. The van der Waals surface area contributed by atoms with Crippen LogP contribution in [0.25, 0.3) is 0 Å². The monoisotopic (exact) mass is 241 g/mol. The van der Waals surface area contributed by atoms with Crippen molar-refractivity contribution in [2.24, 2.45) is 17.8 Å². The van der Waals surface area contributed by atoms with Crippen molar-refractivity contribution in [3.8, 4) is 0 Å². The predicted octanol–water partition coefficient (Wildman–Crippen LogP) is 1.57. The lowest BCUT2D eigenvalue weighted by molar-refractivity contribution is -0.139. The summed E-state index contributed by atoms with van der Waals surface area (Å²) < 4.78 is 5.24. The maximum absolute atomic E-state index is 11.6. The Morgan fingerprint density at radius 1 is 1.29 bits per heavy atom. The van der Waals surface area contributed by atoms with Gasteiger partial charge in [-0.25, -0.2) is 4.79 Å². The van der Waals surface area contributed by atoms with Crippen LogP contribution in [-0.2, 0) is 9.53 Å². The highest BCUT2D eigenvalue weighted by molar-refractivity contribution is 5.74. The molecule has 2 fully saturated rings. The topological polar surface area (TPSA) is 66.8 Å². The van der Waals surface area contributed by atoms with Crippen molar-refractivity contribution in [3.63, 3.8) is 0 Å². The van der Waals surface area contributed by atoms with Gasteiger partial charge in [-0.05, 0) is 39.0 Å². The van der Waals surface area contributed by atoms with Gasteiger partial charge in [0.25, 0.3) is 0 Å². The molecule has 1 N–H and O–H groups in total. The zero-order valence-electron chi connectivity index (χ0n) is 10.5. The minimum absolute atomic E-state index is 0.180. The van der Waals surface area contributed by atoms with Crippen LogP contribution >= 0.6 is 0 Å². The van der Waals surface area contributed by atoms with Gasteiger partial charge in [-0.3, -0.25) is 4.79 Å². The first-order valence-electron chi connectivity index (χ1n) is 5.98. The van der Waals surface area contributed by atoms with Crippen LogP contribution in [0, 0.1) is 17.8 Å². The van der Waals surface area contributed by atoms with Gasteiger partial charge in [-0.1, -0.05) is 0 Å². The number of carbonyl (C=O) groups excluding carboxylic acids is 1. The van der Waals surface area contributed by atoms with Gasteiger partial charge in [-0.15, -0.1) is 0 Å². The van der Waals surface area contributed by atoms with E-state index in [0.717, 1.165) is 6.42 Å². The lowest BCUT2D eigenvalue weighted by Gasteiger charge is -2.40. The first kappa shape index (κ1) is 12.2. The van der Waals surface area contributed by atoms with Crippen LogP contribution in [0.1, 0.15) is 27.2 Å². The summed E-state index contributed by atoms with van der Waals surface area (Å²) in [4.78, 5) is 24.0. The molecule has 5 nitrogen and oxygen atoms in total. The number of aliphatic carboxylic acids is 1. The normalized spacial score (nSPS) is 28.5.